The molecule has 2 saturated heterocycles. The van der Waals surface area contributed by atoms with Gasteiger partial charge in [0, 0.05) is 0 Å². The van der Waals surface area contributed by atoms with Crippen molar-refractivity contribution in [1.82, 2.24) is 0 Å². The molecular weight excluding hydrogens is 176 g/mol. The van der Waals surface area contributed by atoms with Gasteiger partial charge < -0.3 is 24.4 Å². The zero-order chi connectivity index (χ0) is 9.64. The van der Waals surface area contributed by atoms with Gasteiger partial charge in [0.1, 0.15) is 18.3 Å². The summed E-state index contributed by atoms with van der Waals surface area (Å²) in [6, 6.07) is 0. The molecule has 0 aromatic heterocycles. The molecule has 0 aromatic carbocycles. The molecule has 13 heavy (non-hydrogen) atoms. The van der Waals surface area contributed by atoms with Crippen molar-refractivity contribution in [3.05, 3.63) is 0 Å². The van der Waals surface area contributed by atoms with E-state index in [1.807, 2.05) is 0 Å². The van der Waals surface area contributed by atoms with Crippen LogP contribution in [0.15, 0.2) is 0 Å². The van der Waals surface area contributed by atoms with E-state index in [-0.39, 0.29) is 12.7 Å². The van der Waals surface area contributed by atoms with E-state index in [1.165, 1.54) is 0 Å². The standard InChI is InChI=1S/C8H14O5/c1-8(2)12-5-4(3-9)11-7(10)6(5)13-8/h4-7,9-10H,3H2,1-2H3/t4-,5-,6-,7+/m0/s1. The van der Waals surface area contributed by atoms with Gasteiger partial charge in [-0.1, -0.05) is 0 Å². The van der Waals surface area contributed by atoms with Gasteiger partial charge in [0.05, 0.1) is 6.61 Å². The Bertz CT molecular complexity index is 205. The molecule has 4 atom stereocenters. The molecule has 76 valence electrons. The zero-order valence-corrected chi connectivity index (χ0v) is 7.64. The van der Waals surface area contributed by atoms with Crippen molar-refractivity contribution in [1.29, 1.82) is 0 Å². The molecule has 0 unspecified atom stereocenters. The molecule has 0 radical (unpaired) electrons. The molecule has 2 aliphatic rings. The Kier molecular flexibility index (Phi) is 2.08. The Hall–Kier alpha value is -0.200. The lowest BCUT2D eigenvalue weighted by Crippen LogP contribution is -2.31. The molecule has 2 N–H and O–H groups in total. The van der Waals surface area contributed by atoms with Crippen LogP contribution in [0.25, 0.3) is 0 Å². The number of ether oxygens (including phenoxy) is 3. The van der Waals surface area contributed by atoms with Crippen molar-refractivity contribution in [3.63, 3.8) is 0 Å². The highest BCUT2D eigenvalue weighted by molar-refractivity contribution is 4.94. The van der Waals surface area contributed by atoms with Crippen LogP contribution in [0, 0.1) is 0 Å². The van der Waals surface area contributed by atoms with E-state index in [1.54, 1.807) is 13.8 Å². The molecule has 0 saturated carbocycles. The molecule has 2 heterocycles. The van der Waals surface area contributed by atoms with E-state index < -0.39 is 24.3 Å². The number of hydrogen-bond acceptors (Lipinski definition) is 5. The normalized spacial score (nSPS) is 48.0. The monoisotopic (exact) mass is 190 g/mol. The summed E-state index contributed by atoms with van der Waals surface area (Å²) in [4.78, 5) is 0. The van der Waals surface area contributed by atoms with Gasteiger partial charge in [0.25, 0.3) is 0 Å². The fourth-order valence-corrected chi connectivity index (χ4v) is 1.81. The Labute approximate surface area is 76.2 Å². The van der Waals surface area contributed by atoms with Gasteiger partial charge in [-0.2, -0.15) is 0 Å². The molecule has 0 spiro atoms. The van der Waals surface area contributed by atoms with Gasteiger partial charge in [0.15, 0.2) is 12.1 Å². The van der Waals surface area contributed by atoms with Crippen LogP contribution in [0.1, 0.15) is 13.8 Å². The summed E-state index contributed by atoms with van der Waals surface area (Å²) in [5.74, 6) is -0.701. The van der Waals surface area contributed by atoms with Gasteiger partial charge in [-0.05, 0) is 13.8 Å². The van der Waals surface area contributed by atoms with Crippen LogP contribution in [0.3, 0.4) is 0 Å². The maximum absolute atomic E-state index is 9.39. The third-order valence-electron chi connectivity index (χ3n) is 2.31. The van der Waals surface area contributed by atoms with Crippen molar-refractivity contribution >= 4 is 0 Å². The topological polar surface area (TPSA) is 68.2 Å². The maximum atomic E-state index is 9.39. The Morgan fingerprint density at radius 3 is 2.46 bits per heavy atom. The smallest absolute Gasteiger partial charge is 0.184 e. The molecule has 5 heteroatoms. The number of hydrogen-bond donors (Lipinski definition) is 2. The van der Waals surface area contributed by atoms with E-state index in [4.69, 9.17) is 19.3 Å². The van der Waals surface area contributed by atoms with E-state index in [0.29, 0.717) is 0 Å². The van der Waals surface area contributed by atoms with Crippen LogP contribution < -0.4 is 0 Å². The van der Waals surface area contributed by atoms with Gasteiger partial charge in [0.2, 0.25) is 0 Å². The van der Waals surface area contributed by atoms with E-state index >= 15 is 0 Å². The second kappa shape index (κ2) is 2.90. The van der Waals surface area contributed by atoms with Crippen LogP contribution in [0.2, 0.25) is 0 Å². The van der Waals surface area contributed by atoms with Crippen molar-refractivity contribution < 1.29 is 24.4 Å². The van der Waals surface area contributed by atoms with Crippen LogP contribution in [0.5, 0.6) is 0 Å². The number of rotatable bonds is 1. The highest BCUT2D eigenvalue weighted by Gasteiger charge is 2.54. The molecule has 0 bridgehead atoms. The minimum atomic E-state index is -0.996. The molecule has 2 aliphatic heterocycles. The van der Waals surface area contributed by atoms with Gasteiger partial charge >= 0.3 is 0 Å². The van der Waals surface area contributed by atoms with Gasteiger partial charge in [-0.15, -0.1) is 0 Å². The summed E-state index contributed by atoms with van der Waals surface area (Å²) in [6.07, 6.45) is -2.33. The fraction of sp³-hybridized carbons (Fsp3) is 1.00. The molecule has 2 fully saturated rings. The SMILES string of the molecule is CC1(C)O[C@@H]2[C@H](O1)[C@H](O)O[C@H]2CO. The molecule has 5 nitrogen and oxygen atoms in total. The third-order valence-corrected chi connectivity index (χ3v) is 2.31. The van der Waals surface area contributed by atoms with Crippen molar-refractivity contribution in [2.45, 2.75) is 44.2 Å². The summed E-state index contributed by atoms with van der Waals surface area (Å²) in [6.45, 7) is 3.37. The van der Waals surface area contributed by atoms with E-state index in [0.717, 1.165) is 0 Å². The van der Waals surface area contributed by atoms with Crippen molar-refractivity contribution in [2.24, 2.45) is 0 Å². The number of aliphatic hydroxyl groups excluding tert-OH is 2. The highest BCUT2D eigenvalue weighted by atomic mass is 16.8. The Balaban J connectivity index is 2.12. The maximum Gasteiger partial charge on any atom is 0.184 e. The van der Waals surface area contributed by atoms with E-state index in [9.17, 15) is 5.11 Å². The first-order chi connectivity index (χ1) is 6.03. The average Bonchev–Trinajstić information content (AvgIpc) is 2.47. The van der Waals surface area contributed by atoms with Crippen LogP contribution in [0.4, 0.5) is 0 Å². The molecule has 2 rings (SSSR count). The minimum Gasteiger partial charge on any atom is -0.394 e. The van der Waals surface area contributed by atoms with Crippen molar-refractivity contribution in [3.8, 4) is 0 Å². The first-order valence-corrected chi connectivity index (χ1v) is 4.33. The Morgan fingerprint density at radius 2 is 1.85 bits per heavy atom. The molecule has 0 aliphatic carbocycles. The highest BCUT2D eigenvalue weighted by Crippen LogP contribution is 2.37. The van der Waals surface area contributed by atoms with Crippen LogP contribution in [-0.4, -0.2) is 47.2 Å². The Morgan fingerprint density at radius 1 is 1.23 bits per heavy atom. The van der Waals surface area contributed by atoms with Crippen molar-refractivity contribution in [2.75, 3.05) is 6.61 Å². The predicted octanol–water partition coefficient (Wildman–Crippen LogP) is -0.784. The minimum absolute atomic E-state index is 0.169. The summed E-state index contributed by atoms with van der Waals surface area (Å²) in [5.41, 5.74) is 0. The van der Waals surface area contributed by atoms with Crippen LogP contribution >= 0.6 is 0 Å². The lowest BCUT2D eigenvalue weighted by molar-refractivity contribution is -0.223. The second-order valence-electron chi connectivity index (χ2n) is 3.81. The largest absolute Gasteiger partial charge is 0.394 e. The summed E-state index contributed by atoms with van der Waals surface area (Å²) in [5, 5.41) is 18.3. The fourth-order valence-electron chi connectivity index (χ4n) is 1.81. The third kappa shape index (κ3) is 1.47. The molecular formula is C8H14O5. The summed E-state index contributed by atoms with van der Waals surface area (Å²) in [7, 11) is 0. The molecule has 0 aromatic rings. The summed E-state index contributed by atoms with van der Waals surface area (Å²) < 4.78 is 15.9. The van der Waals surface area contributed by atoms with Crippen LogP contribution in [-0.2, 0) is 14.2 Å². The zero-order valence-electron chi connectivity index (χ0n) is 7.64. The second-order valence-corrected chi connectivity index (χ2v) is 3.81. The number of fused-ring (bicyclic) bond motifs is 1. The lowest BCUT2D eigenvalue weighted by Gasteiger charge is -2.21. The van der Waals surface area contributed by atoms with E-state index in [2.05, 4.69) is 0 Å². The number of aliphatic hydroxyl groups is 2. The lowest BCUT2D eigenvalue weighted by atomic mass is 10.1. The first-order valence-electron chi connectivity index (χ1n) is 4.33. The first kappa shape index (κ1) is 9.36. The van der Waals surface area contributed by atoms with Gasteiger partial charge in [-0.3, -0.25) is 0 Å². The summed E-state index contributed by atoms with van der Waals surface area (Å²) >= 11 is 0. The predicted molar refractivity (Wildman–Crippen MR) is 41.8 cm³/mol. The quantitative estimate of drug-likeness (QED) is 0.567. The average molecular weight is 190 g/mol. The van der Waals surface area contributed by atoms with Gasteiger partial charge in [-0.25, -0.2) is 0 Å². The molecule has 0 amide bonds.